The standard InChI is InChI=1S/C28H24N4O5/c1-16-9-10-31-26(11-16)30-27(19-5-7-23(33)25(14-19)36-4)28(31)29-15-21-6-8-24(37-21)20-12-17(2)18(3)22(13-20)32(34)35/h5-15,33H,1-4H3. The summed E-state index contributed by atoms with van der Waals surface area (Å²) < 4.78 is 13.1. The third-order valence-corrected chi connectivity index (χ3v) is 6.27. The van der Waals surface area contributed by atoms with Crippen LogP contribution in [0, 0.1) is 30.9 Å². The Morgan fingerprint density at radius 2 is 1.89 bits per heavy atom. The van der Waals surface area contributed by atoms with Gasteiger partial charge in [0.1, 0.15) is 22.9 Å². The van der Waals surface area contributed by atoms with Gasteiger partial charge in [0.05, 0.1) is 18.2 Å². The molecule has 3 aromatic heterocycles. The van der Waals surface area contributed by atoms with Crippen LogP contribution in [-0.4, -0.2) is 32.7 Å². The molecule has 9 heteroatoms. The number of phenolic OH excluding ortho intramolecular Hbond substituents is 1. The minimum absolute atomic E-state index is 0.0330. The Hall–Kier alpha value is -4.92. The number of aryl methyl sites for hydroxylation is 2. The molecule has 0 radical (unpaired) electrons. The highest BCUT2D eigenvalue weighted by Crippen LogP contribution is 2.36. The number of nitro groups is 1. The normalized spacial score (nSPS) is 11.5. The number of hydrogen-bond donors (Lipinski definition) is 1. The number of benzene rings is 2. The number of nitro benzene ring substituents is 1. The van der Waals surface area contributed by atoms with E-state index in [2.05, 4.69) is 0 Å². The quantitative estimate of drug-likeness (QED) is 0.162. The molecule has 0 aliphatic carbocycles. The zero-order valence-corrected chi connectivity index (χ0v) is 20.7. The van der Waals surface area contributed by atoms with Gasteiger partial charge < -0.3 is 14.3 Å². The summed E-state index contributed by atoms with van der Waals surface area (Å²) in [6.45, 7) is 5.56. The zero-order valence-electron chi connectivity index (χ0n) is 20.7. The fraction of sp³-hybridized carbons (Fsp3) is 0.143. The van der Waals surface area contributed by atoms with Gasteiger partial charge in [-0.05, 0) is 80.4 Å². The maximum absolute atomic E-state index is 11.5. The molecule has 0 saturated carbocycles. The van der Waals surface area contributed by atoms with Crippen molar-refractivity contribution in [2.24, 2.45) is 4.99 Å². The highest BCUT2D eigenvalue weighted by Gasteiger charge is 2.18. The van der Waals surface area contributed by atoms with Gasteiger partial charge in [0.2, 0.25) is 0 Å². The van der Waals surface area contributed by atoms with Gasteiger partial charge in [0.25, 0.3) is 5.69 Å². The van der Waals surface area contributed by atoms with E-state index in [0.717, 1.165) is 22.3 Å². The van der Waals surface area contributed by atoms with Crippen molar-refractivity contribution in [3.63, 3.8) is 0 Å². The number of methoxy groups -OCH3 is 1. The summed E-state index contributed by atoms with van der Waals surface area (Å²) >= 11 is 0. The Morgan fingerprint density at radius 3 is 2.65 bits per heavy atom. The van der Waals surface area contributed by atoms with Crippen molar-refractivity contribution in [1.82, 2.24) is 9.38 Å². The summed E-state index contributed by atoms with van der Waals surface area (Å²) in [5, 5.41) is 21.5. The summed E-state index contributed by atoms with van der Waals surface area (Å²) in [4.78, 5) is 20.5. The Morgan fingerprint density at radius 1 is 1.08 bits per heavy atom. The summed E-state index contributed by atoms with van der Waals surface area (Å²) in [5.41, 5.74) is 5.22. The van der Waals surface area contributed by atoms with Crippen LogP contribution in [0.15, 0.2) is 70.2 Å². The average molecular weight is 497 g/mol. The lowest BCUT2D eigenvalue weighted by Crippen LogP contribution is -1.94. The minimum Gasteiger partial charge on any atom is -0.504 e. The van der Waals surface area contributed by atoms with E-state index in [9.17, 15) is 15.2 Å². The Kier molecular flexibility index (Phi) is 5.96. The molecule has 2 aromatic carbocycles. The van der Waals surface area contributed by atoms with Crippen LogP contribution in [0.4, 0.5) is 11.5 Å². The van der Waals surface area contributed by atoms with Crippen LogP contribution in [0.3, 0.4) is 0 Å². The Balaban J connectivity index is 1.56. The first-order chi connectivity index (χ1) is 17.7. The second-order valence-electron chi connectivity index (χ2n) is 8.76. The van der Waals surface area contributed by atoms with Crippen LogP contribution in [0.1, 0.15) is 22.5 Å². The first-order valence-corrected chi connectivity index (χ1v) is 11.5. The fourth-order valence-corrected chi connectivity index (χ4v) is 4.15. The molecule has 5 aromatic rings. The summed E-state index contributed by atoms with van der Waals surface area (Å²) in [7, 11) is 1.49. The number of aliphatic imine (C=N–C) groups is 1. The Bertz CT molecular complexity index is 1700. The van der Waals surface area contributed by atoms with Gasteiger partial charge >= 0.3 is 0 Å². The van der Waals surface area contributed by atoms with Crippen molar-refractivity contribution in [3.05, 3.63) is 93.4 Å². The molecule has 186 valence electrons. The van der Waals surface area contributed by atoms with Gasteiger partial charge in [-0.2, -0.15) is 0 Å². The highest BCUT2D eigenvalue weighted by molar-refractivity contribution is 5.84. The van der Waals surface area contributed by atoms with Gasteiger partial charge in [0.15, 0.2) is 17.3 Å². The highest BCUT2D eigenvalue weighted by atomic mass is 16.6. The van der Waals surface area contributed by atoms with Gasteiger partial charge in [-0.15, -0.1) is 0 Å². The third kappa shape index (κ3) is 4.42. The fourth-order valence-electron chi connectivity index (χ4n) is 4.15. The molecule has 0 saturated heterocycles. The lowest BCUT2D eigenvalue weighted by Gasteiger charge is -2.06. The van der Waals surface area contributed by atoms with E-state index < -0.39 is 0 Å². The van der Waals surface area contributed by atoms with Crippen LogP contribution in [0.25, 0.3) is 28.2 Å². The predicted octanol–water partition coefficient (Wildman–Crippen LogP) is 6.56. The molecule has 0 fully saturated rings. The maximum atomic E-state index is 11.5. The van der Waals surface area contributed by atoms with E-state index in [0.29, 0.717) is 39.9 Å². The number of imidazole rings is 1. The number of furan rings is 1. The number of phenols is 1. The molecule has 37 heavy (non-hydrogen) atoms. The molecule has 3 heterocycles. The molecule has 0 spiro atoms. The molecular formula is C28H24N4O5. The van der Waals surface area contributed by atoms with Gasteiger partial charge in [-0.1, -0.05) is 0 Å². The van der Waals surface area contributed by atoms with E-state index in [4.69, 9.17) is 19.1 Å². The number of aromatic nitrogens is 2. The zero-order chi connectivity index (χ0) is 26.3. The van der Waals surface area contributed by atoms with Crippen LogP contribution >= 0.6 is 0 Å². The number of nitrogens with zero attached hydrogens (tertiary/aromatic N) is 4. The SMILES string of the molecule is COc1cc(-c2nc3cc(C)ccn3c2N=Cc2ccc(-c3cc(C)c(C)c([N+](=O)[O-])c3)o2)ccc1O. The third-order valence-electron chi connectivity index (χ3n) is 6.27. The minimum atomic E-state index is -0.385. The summed E-state index contributed by atoms with van der Waals surface area (Å²) in [6.07, 6.45) is 3.48. The monoisotopic (exact) mass is 496 g/mol. The number of ether oxygens (including phenoxy) is 1. The van der Waals surface area contributed by atoms with Crippen molar-refractivity contribution in [2.45, 2.75) is 20.8 Å². The van der Waals surface area contributed by atoms with Gasteiger partial charge in [-0.25, -0.2) is 9.98 Å². The topological polar surface area (TPSA) is 115 Å². The van der Waals surface area contributed by atoms with Crippen LogP contribution in [0.5, 0.6) is 11.5 Å². The maximum Gasteiger partial charge on any atom is 0.273 e. The van der Waals surface area contributed by atoms with Crippen molar-refractivity contribution >= 4 is 23.4 Å². The molecular weight excluding hydrogens is 472 g/mol. The van der Waals surface area contributed by atoms with E-state index in [1.165, 1.54) is 13.2 Å². The Labute approximate surface area is 212 Å². The average Bonchev–Trinajstić information content (AvgIpc) is 3.49. The van der Waals surface area contributed by atoms with Gasteiger partial charge in [0, 0.05) is 29.0 Å². The molecule has 0 bridgehead atoms. The van der Waals surface area contributed by atoms with Gasteiger partial charge in [-0.3, -0.25) is 14.5 Å². The molecule has 0 atom stereocenters. The molecule has 0 aliphatic heterocycles. The summed E-state index contributed by atoms with van der Waals surface area (Å²) in [5.74, 6) is 1.92. The second-order valence-corrected chi connectivity index (χ2v) is 8.76. The van der Waals surface area contributed by atoms with Crippen molar-refractivity contribution < 1.29 is 19.2 Å². The number of fused-ring (bicyclic) bond motifs is 1. The number of rotatable bonds is 6. The first-order valence-electron chi connectivity index (χ1n) is 11.5. The number of aromatic hydroxyl groups is 1. The predicted molar refractivity (Wildman–Crippen MR) is 141 cm³/mol. The van der Waals surface area contributed by atoms with E-state index >= 15 is 0 Å². The smallest absolute Gasteiger partial charge is 0.273 e. The van der Waals surface area contributed by atoms with Crippen LogP contribution in [0.2, 0.25) is 0 Å². The van der Waals surface area contributed by atoms with Crippen molar-refractivity contribution in [3.8, 4) is 34.1 Å². The van der Waals surface area contributed by atoms with Crippen LogP contribution < -0.4 is 4.74 Å². The molecule has 0 aliphatic rings. The number of hydrogen-bond acceptors (Lipinski definition) is 7. The molecule has 9 nitrogen and oxygen atoms in total. The largest absolute Gasteiger partial charge is 0.504 e. The molecule has 5 rings (SSSR count). The molecule has 0 amide bonds. The van der Waals surface area contributed by atoms with Crippen LogP contribution in [-0.2, 0) is 0 Å². The lowest BCUT2D eigenvalue weighted by molar-refractivity contribution is -0.385. The van der Waals surface area contributed by atoms with E-state index in [-0.39, 0.29) is 16.4 Å². The lowest BCUT2D eigenvalue weighted by atomic mass is 10.0. The summed E-state index contributed by atoms with van der Waals surface area (Å²) in [6, 6.07) is 15.8. The first kappa shape index (κ1) is 23.8. The van der Waals surface area contributed by atoms with Crippen molar-refractivity contribution in [2.75, 3.05) is 7.11 Å². The number of pyridine rings is 1. The van der Waals surface area contributed by atoms with Crippen molar-refractivity contribution in [1.29, 1.82) is 0 Å². The van der Waals surface area contributed by atoms with E-state index in [1.807, 2.05) is 42.6 Å². The second kappa shape index (κ2) is 9.27. The molecule has 0 unspecified atom stereocenters. The molecule has 1 N–H and O–H groups in total. The van der Waals surface area contributed by atoms with E-state index in [1.54, 1.807) is 43.5 Å².